The monoisotopic (exact) mass is 423 g/mol. The maximum atomic E-state index is 13.0. The molecule has 0 spiro atoms. The van der Waals surface area contributed by atoms with Crippen molar-refractivity contribution in [3.63, 3.8) is 0 Å². The topological polar surface area (TPSA) is 83.0 Å². The number of carbonyl (C=O) groups excluding carboxylic acids is 2. The van der Waals surface area contributed by atoms with E-state index in [4.69, 9.17) is 4.74 Å². The van der Waals surface area contributed by atoms with E-state index in [1.54, 1.807) is 43.8 Å². The van der Waals surface area contributed by atoms with Crippen LogP contribution < -0.4 is 4.74 Å². The van der Waals surface area contributed by atoms with Crippen LogP contribution in [0.3, 0.4) is 0 Å². The summed E-state index contributed by atoms with van der Waals surface area (Å²) >= 11 is 0. The normalized spacial score (nSPS) is 18.3. The van der Waals surface area contributed by atoms with E-state index in [1.165, 1.54) is 4.90 Å². The first-order valence-corrected chi connectivity index (χ1v) is 10.3. The molecule has 1 aliphatic rings. The summed E-state index contributed by atoms with van der Waals surface area (Å²) in [6, 6.07) is 8.15. The molecule has 1 unspecified atom stereocenters. The number of carbonyl (C=O) groups is 2. The van der Waals surface area contributed by atoms with Gasteiger partial charge in [0.2, 0.25) is 0 Å². The standard InChI is InChI=1S/C24H29N3O4/c1-15(2)18-14-17(6-7-19(18)31-5)22(28)20-21(16-8-10-25-11-9-16)27(13-12-26(3)4)24(30)23(20)29/h6-11,14-15,21,28H,12-13H2,1-5H3/b22-20-. The zero-order valence-electron chi connectivity index (χ0n) is 18.6. The lowest BCUT2D eigenvalue weighted by Crippen LogP contribution is -2.35. The molecule has 31 heavy (non-hydrogen) atoms. The highest BCUT2D eigenvalue weighted by Gasteiger charge is 2.45. The number of ether oxygens (including phenoxy) is 1. The number of hydrogen-bond acceptors (Lipinski definition) is 6. The summed E-state index contributed by atoms with van der Waals surface area (Å²) < 4.78 is 5.43. The first kappa shape index (κ1) is 22.5. The van der Waals surface area contributed by atoms with E-state index in [0.29, 0.717) is 24.4 Å². The van der Waals surface area contributed by atoms with Crippen molar-refractivity contribution in [3.05, 3.63) is 65.0 Å². The molecule has 0 saturated carbocycles. The fourth-order valence-corrected chi connectivity index (χ4v) is 3.80. The van der Waals surface area contributed by atoms with Crippen LogP contribution in [0.25, 0.3) is 5.76 Å². The molecular formula is C24H29N3O4. The van der Waals surface area contributed by atoms with Gasteiger partial charge in [0.15, 0.2) is 0 Å². The van der Waals surface area contributed by atoms with E-state index in [1.807, 2.05) is 38.9 Å². The van der Waals surface area contributed by atoms with Gasteiger partial charge in [-0.15, -0.1) is 0 Å². The third-order valence-electron chi connectivity index (χ3n) is 5.48. The highest BCUT2D eigenvalue weighted by Crippen LogP contribution is 2.40. The lowest BCUT2D eigenvalue weighted by molar-refractivity contribution is -0.140. The fraction of sp³-hybridized carbons (Fsp3) is 0.375. The summed E-state index contributed by atoms with van der Waals surface area (Å²) in [7, 11) is 5.41. The maximum Gasteiger partial charge on any atom is 0.295 e. The number of likely N-dealkylation sites (N-methyl/N-ethyl adjacent to an activating group) is 1. The van der Waals surface area contributed by atoms with Gasteiger partial charge in [0.25, 0.3) is 11.7 Å². The molecule has 1 fully saturated rings. The van der Waals surface area contributed by atoms with Gasteiger partial charge in [-0.3, -0.25) is 14.6 Å². The highest BCUT2D eigenvalue weighted by molar-refractivity contribution is 6.46. The predicted octanol–water partition coefficient (Wildman–Crippen LogP) is 3.20. The number of hydrogen-bond donors (Lipinski definition) is 1. The van der Waals surface area contributed by atoms with Gasteiger partial charge in [0, 0.05) is 31.0 Å². The Hall–Kier alpha value is -3.19. The van der Waals surface area contributed by atoms with Crippen LogP contribution in [0.5, 0.6) is 5.75 Å². The summed E-state index contributed by atoms with van der Waals surface area (Å²) in [5.41, 5.74) is 2.21. The number of methoxy groups -OCH3 is 1. The van der Waals surface area contributed by atoms with Gasteiger partial charge >= 0.3 is 0 Å². The molecule has 7 heteroatoms. The van der Waals surface area contributed by atoms with Gasteiger partial charge in [-0.25, -0.2) is 0 Å². The van der Waals surface area contributed by atoms with E-state index in [9.17, 15) is 14.7 Å². The van der Waals surface area contributed by atoms with Crippen LogP contribution in [-0.2, 0) is 9.59 Å². The molecule has 1 N–H and O–H groups in total. The zero-order valence-corrected chi connectivity index (χ0v) is 18.6. The van der Waals surface area contributed by atoms with Gasteiger partial charge in [-0.2, -0.15) is 0 Å². The number of likely N-dealkylation sites (tertiary alicyclic amines) is 1. The maximum absolute atomic E-state index is 13.0. The number of amides is 1. The van der Waals surface area contributed by atoms with Crippen LogP contribution in [-0.4, -0.2) is 65.9 Å². The molecule has 0 radical (unpaired) electrons. The summed E-state index contributed by atoms with van der Waals surface area (Å²) in [6.45, 7) is 5.01. The Labute approximate surface area is 183 Å². The summed E-state index contributed by atoms with van der Waals surface area (Å²) in [5, 5.41) is 11.2. The molecule has 164 valence electrons. The number of aromatic nitrogens is 1. The molecule has 1 aromatic carbocycles. The zero-order chi connectivity index (χ0) is 22.7. The average molecular weight is 424 g/mol. The van der Waals surface area contributed by atoms with Gasteiger partial charge in [0.05, 0.1) is 18.7 Å². The Morgan fingerprint density at radius 1 is 1.19 bits per heavy atom. The molecule has 3 rings (SSSR count). The van der Waals surface area contributed by atoms with Crippen LogP contribution in [0.15, 0.2) is 48.3 Å². The minimum absolute atomic E-state index is 0.0924. The number of pyridine rings is 1. The van der Waals surface area contributed by atoms with E-state index >= 15 is 0 Å². The van der Waals surface area contributed by atoms with E-state index in [2.05, 4.69) is 4.98 Å². The van der Waals surface area contributed by atoms with Crippen molar-refractivity contribution < 1.29 is 19.4 Å². The van der Waals surface area contributed by atoms with Crippen molar-refractivity contribution in [2.75, 3.05) is 34.3 Å². The molecule has 1 aliphatic heterocycles. The number of aliphatic hydroxyl groups is 1. The molecular weight excluding hydrogens is 394 g/mol. The Morgan fingerprint density at radius 3 is 2.45 bits per heavy atom. The second-order valence-electron chi connectivity index (χ2n) is 8.19. The smallest absolute Gasteiger partial charge is 0.295 e. The van der Waals surface area contributed by atoms with Crippen molar-refractivity contribution in [2.45, 2.75) is 25.8 Å². The Kier molecular flexibility index (Phi) is 6.75. The largest absolute Gasteiger partial charge is 0.507 e. The van der Waals surface area contributed by atoms with Crippen LogP contribution in [0.4, 0.5) is 0 Å². The predicted molar refractivity (Wildman–Crippen MR) is 119 cm³/mol. The molecule has 0 aliphatic carbocycles. The number of Topliss-reactive ketones (excluding diaryl/α,β-unsaturated/α-hetero) is 1. The van der Waals surface area contributed by atoms with E-state index in [-0.39, 0.29) is 17.3 Å². The number of ketones is 1. The molecule has 1 atom stereocenters. The van der Waals surface area contributed by atoms with Crippen LogP contribution in [0.1, 0.15) is 42.5 Å². The van der Waals surface area contributed by atoms with Crippen LogP contribution >= 0.6 is 0 Å². The molecule has 1 saturated heterocycles. The number of nitrogens with zero attached hydrogens (tertiary/aromatic N) is 3. The fourth-order valence-electron chi connectivity index (χ4n) is 3.80. The second kappa shape index (κ2) is 9.31. The molecule has 0 bridgehead atoms. The van der Waals surface area contributed by atoms with E-state index in [0.717, 1.165) is 11.1 Å². The van der Waals surface area contributed by atoms with Gasteiger partial charge in [-0.05, 0) is 61.5 Å². The quantitative estimate of drug-likeness (QED) is 0.418. The minimum Gasteiger partial charge on any atom is -0.507 e. The van der Waals surface area contributed by atoms with Gasteiger partial charge in [-0.1, -0.05) is 13.8 Å². The summed E-state index contributed by atoms with van der Waals surface area (Å²) in [4.78, 5) is 33.5. The van der Waals surface area contributed by atoms with Gasteiger partial charge < -0.3 is 19.6 Å². The Balaban J connectivity index is 2.16. The average Bonchev–Trinajstić information content (AvgIpc) is 3.02. The number of rotatable bonds is 7. The first-order chi connectivity index (χ1) is 14.8. The van der Waals surface area contributed by atoms with Crippen molar-refractivity contribution in [1.29, 1.82) is 0 Å². The van der Waals surface area contributed by atoms with E-state index < -0.39 is 17.7 Å². The molecule has 7 nitrogen and oxygen atoms in total. The SMILES string of the molecule is COc1ccc(/C(O)=C2/C(=O)C(=O)N(CCN(C)C)C2c2ccncc2)cc1C(C)C. The molecule has 2 aromatic rings. The summed E-state index contributed by atoms with van der Waals surface area (Å²) in [6.07, 6.45) is 3.23. The molecule has 2 heterocycles. The van der Waals surface area contributed by atoms with Crippen molar-refractivity contribution in [2.24, 2.45) is 0 Å². The number of aliphatic hydroxyl groups excluding tert-OH is 1. The highest BCUT2D eigenvalue weighted by atomic mass is 16.5. The van der Waals surface area contributed by atoms with Crippen molar-refractivity contribution in [3.8, 4) is 5.75 Å². The van der Waals surface area contributed by atoms with Gasteiger partial charge in [0.1, 0.15) is 11.5 Å². The molecule has 1 aromatic heterocycles. The second-order valence-corrected chi connectivity index (χ2v) is 8.19. The van der Waals surface area contributed by atoms with Crippen molar-refractivity contribution in [1.82, 2.24) is 14.8 Å². The minimum atomic E-state index is -0.681. The lowest BCUT2D eigenvalue weighted by atomic mass is 9.93. The van der Waals surface area contributed by atoms with Crippen LogP contribution in [0, 0.1) is 0 Å². The Bertz CT molecular complexity index is 999. The van der Waals surface area contributed by atoms with Crippen LogP contribution in [0.2, 0.25) is 0 Å². The first-order valence-electron chi connectivity index (χ1n) is 10.3. The van der Waals surface area contributed by atoms with Crippen molar-refractivity contribution >= 4 is 17.4 Å². The molecule has 1 amide bonds. The lowest BCUT2D eigenvalue weighted by Gasteiger charge is -2.26. The summed E-state index contributed by atoms with van der Waals surface area (Å²) in [5.74, 6) is -0.607. The third-order valence-corrected chi connectivity index (χ3v) is 5.48. The number of benzene rings is 1. The Morgan fingerprint density at radius 2 is 1.87 bits per heavy atom. The third kappa shape index (κ3) is 4.46.